The predicted octanol–water partition coefficient (Wildman–Crippen LogP) is 6.34. The van der Waals surface area contributed by atoms with E-state index in [0.717, 1.165) is 43.5 Å². The summed E-state index contributed by atoms with van der Waals surface area (Å²) in [6.45, 7) is 6.51. The number of hydrogen-bond donors (Lipinski definition) is 0. The Labute approximate surface area is 214 Å². The Morgan fingerprint density at radius 3 is 2.42 bits per heavy atom. The van der Waals surface area contributed by atoms with Gasteiger partial charge >= 0.3 is 0 Å². The van der Waals surface area contributed by atoms with Gasteiger partial charge in [-0.05, 0) is 36.4 Å². The molecule has 0 fully saturated rings. The summed E-state index contributed by atoms with van der Waals surface area (Å²) in [5.41, 5.74) is 4.71. The van der Waals surface area contributed by atoms with Crippen molar-refractivity contribution in [3.05, 3.63) is 79.0 Å². The van der Waals surface area contributed by atoms with Crippen molar-refractivity contribution in [3.63, 3.8) is 0 Å². The first-order valence-electron chi connectivity index (χ1n) is 11.5. The number of nitrogens with zero attached hydrogens (tertiary/aromatic N) is 5. The van der Waals surface area contributed by atoms with Gasteiger partial charge in [-0.25, -0.2) is 14.6 Å². The first-order chi connectivity index (χ1) is 17.4. The van der Waals surface area contributed by atoms with Crippen LogP contribution in [-0.4, -0.2) is 39.0 Å². The Bertz CT molecular complexity index is 1530. The molecule has 3 heterocycles. The molecular formula is C28H27N5O2S. The van der Waals surface area contributed by atoms with Crippen molar-refractivity contribution in [3.8, 4) is 28.4 Å². The van der Waals surface area contributed by atoms with E-state index in [0.29, 0.717) is 11.5 Å². The molecule has 0 unspecified atom stereocenters. The topological polar surface area (TPSA) is 75.0 Å². The monoisotopic (exact) mass is 497 g/mol. The van der Waals surface area contributed by atoms with E-state index >= 15 is 0 Å². The van der Waals surface area contributed by atoms with E-state index in [1.807, 2.05) is 35.1 Å². The third-order valence-electron chi connectivity index (χ3n) is 5.82. The highest BCUT2D eigenvalue weighted by atomic mass is 32.2. The zero-order valence-corrected chi connectivity index (χ0v) is 21.7. The molecule has 0 aliphatic heterocycles. The standard InChI is InChI=1S/C28H27N5O2S/c1-28(2,3)26-15-23(33(32-26)19-9-7-11-29-16-19)18-8-6-10-20(12-18)36-27-21-13-24(34-4)25(35-5)14-22(21)30-17-31-27/h6-17H,1-5H3. The molecule has 0 amide bonds. The summed E-state index contributed by atoms with van der Waals surface area (Å²) in [7, 11) is 3.24. The zero-order chi connectivity index (χ0) is 25.3. The van der Waals surface area contributed by atoms with Gasteiger partial charge in [0.2, 0.25) is 0 Å². The average molecular weight is 498 g/mol. The Hall–Kier alpha value is -3.91. The molecule has 0 spiro atoms. The van der Waals surface area contributed by atoms with E-state index in [2.05, 4.69) is 66.1 Å². The second-order valence-corrected chi connectivity index (χ2v) is 10.4. The number of hydrogen-bond acceptors (Lipinski definition) is 7. The van der Waals surface area contributed by atoms with Gasteiger partial charge in [-0.1, -0.05) is 44.7 Å². The van der Waals surface area contributed by atoms with Gasteiger partial charge < -0.3 is 9.47 Å². The van der Waals surface area contributed by atoms with Gasteiger partial charge in [0.15, 0.2) is 11.5 Å². The summed E-state index contributed by atoms with van der Waals surface area (Å²) in [6, 6.07) is 18.3. The fourth-order valence-corrected chi connectivity index (χ4v) is 4.83. The Balaban J connectivity index is 1.57. The maximum atomic E-state index is 5.51. The molecule has 0 saturated heterocycles. The molecule has 0 aliphatic carbocycles. The maximum Gasteiger partial charge on any atom is 0.162 e. The van der Waals surface area contributed by atoms with Crippen LogP contribution in [0.4, 0.5) is 0 Å². The van der Waals surface area contributed by atoms with Crippen LogP contribution in [0.15, 0.2) is 83.2 Å². The highest BCUT2D eigenvalue weighted by Gasteiger charge is 2.22. The van der Waals surface area contributed by atoms with Crippen LogP contribution in [0.1, 0.15) is 26.5 Å². The summed E-state index contributed by atoms with van der Waals surface area (Å²) in [6.07, 6.45) is 5.18. The number of pyridine rings is 1. The molecule has 36 heavy (non-hydrogen) atoms. The highest BCUT2D eigenvalue weighted by molar-refractivity contribution is 7.99. The second-order valence-electron chi connectivity index (χ2n) is 9.32. The van der Waals surface area contributed by atoms with Crippen molar-refractivity contribution >= 4 is 22.7 Å². The van der Waals surface area contributed by atoms with Crippen LogP contribution in [0.25, 0.3) is 27.8 Å². The molecule has 0 radical (unpaired) electrons. The molecule has 5 aromatic rings. The molecule has 3 aromatic heterocycles. The lowest BCUT2D eigenvalue weighted by Crippen LogP contribution is -2.12. The molecule has 0 saturated carbocycles. The van der Waals surface area contributed by atoms with Crippen LogP contribution in [0.3, 0.4) is 0 Å². The van der Waals surface area contributed by atoms with Crippen molar-refractivity contribution in [2.24, 2.45) is 0 Å². The average Bonchev–Trinajstić information content (AvgIpc) is 3.35. The van der Waals surface area contributed by atoms with Crippen LogP contribution in [-0.2, 0) is 5.41 Å². The van der Waals surface area contributed by atoms with Gasteiger partial charge in [0.1, 0.15) is 11.4 Å². The van der Waals surface area contributed by atoms with E-state index in [9.17, 15) is 0 Å². The van der Waals surface area contributed by atoms with Crippen LogP contribution >= 0.6 is 11.8 Å². The SMILES string of the molecule is COc1cc2ncnc(Sc3cccc(-c4cc(C(C)(C)C)nn4-c4cccnc4)c3)c2cc1OC. The van der Waals surface area contributed by atoms with Crippen molar-refractivity contribution in [2.75, 3.05) is 14.2 Å². The number of benzene rings is 2. The Morgan fingerprint density at radius 2 is 1.69 bits per heavy atom. The van der Waals surface area contributed by atoms with Gasteiger partial charge in [-0.2, -0.15) is 5.10 Å². The molecule has 2 aromatic carbocycles. The van der Waals surface area contributed by atoms with Gasteiger partial charge in [-0.15, -0.1) is 0 Å². The molecule has 5 rings (SSSR count). The Kier molecular flexibility index (Phi) is 6.36. The summed E-state index contributed by atoms with van der Waals surface area (Å²) >= 11 is 1.58. The van der Waals surface area contributed by atoms with Gasteiger partial charge in [0, 0.05) is 33.5 Å². The summed E-state index contributed by atoms with van der Waals surface area (Å²) < 4.78 is 12.9. The van der Waals surface area contributed by atoms with E-state index in [4.69, 9.17) is 14.6 Å². The zero-order valence-electron chi connectivity index (χ0n) is 20.9. The van der Waals surface area contributed by atoms with Crippen LogP contribution in [0.2, 0.25) is 0 Å². The van der Waals surface area contributed by atoms with Crippen molar-refractivity contribution in [1.82, 2.24) is 24.7 Å². The lowest BCUT2D eigenvalue weighted by atomic mass is 9.92. The summed E-state index contributed by atoms with van der Waals surface area (Å²) in [4.78, 5) is 14.3. The number of ether oxygens (including phenoxy) is 2. The van der Waals surface area contributed by atoms with Crippen LogP contribution in [0.5, 0.6) is 11.5 Å². The number of methoxy groups -OCH3 is 2. The van der Waals surface area contributed by atoms with Crippen molar-refractivity contribution in [1.29, 1.82) is 0 Å². The fourth-order valence-electron chi connectivity index (χ4n) is 3.90. The quantitative estimate of drug-likeness (QED) is 0.253. The molecule has 0 aliphatic rings. The van der Waals surface area contributed by atoms with E-state index < -0.39 is 0 Å². The molecule has 0 atom stereocenters. The molecule has 8 heteroatoms. The molecule has 0 bridgehead atoms. The maximum absolute atomic E-state index is 5.51. The van der Waals surface area contributed by atoms with E-state index in [1.54, 1.807) is 38.5 Å². The number of fused-ring (bicyclic) bond motifs is 1. The molecule has 7 nitrogen and oxygen atoms in total. The van der Waals surface area contributed by atoms with Crippen LogP contribution < -0.4 is 9.47 Å². The largest absolute Gasteiger partial charge is 0.493 e. The predicted molar refractivity (Wildman–Crippen MR) is 142 cm³/mol. The first-order valence-corrected chi connectivity index (χ1v) is 12.3. The number of rotatable bonds is 6. The fraction of sp³-hybridized carbons (Fsp3) is 0.214. The molecular weight excluding hydrogens is 470 g/mol. The lowest BCUT2D eigenvalue weighted by molar-refractivity contribution is 0.355. The molecule has 182 valence electrons. The second kappa shape index (κ2) is 9.62. The minimum atomic E-state index is -0.0887. The highest BCUT2D eigenvalue weighted by Crippen LogP contribution is 2.38. The van der Waals surface area contributed by atoms with Crippen molar-refractivity contribution in [2.45, 2.75) is 36.1 Å². The normalized spacial score (nSPS) is 11.6. The third-order valence-corrected chi connectivity index (χ3v) is 6.83. The minimum Gasteiger partial charge on any atom is -0.493 e. The first kappa shape index (κ1) is 23.8. The third kappa shape index (κ3) is 4.64. The number of aromatic nitrogens is 5. The smallest absolute Gasteiger partial charge is 0.162 e. The minimum absolute atomic E-state index is 0.0887. The van der Waals surface area contributed by atoms with E-state index in [1.165, 1.54) is 0 Å². The summed E-state index contributed by atoms with van der Waals surface area (Å²) in [5, 5.41) is 6.69. The van der Waals surface area contributed by atoms with Gasteiger partial charge in [0.05, 0.1) is 43.0 Å². The van der Waals surface area contributed by atoms with Gasteiger partial charge in [0.25, 0.3) is 0 Å². The van der Waals surface area contributed by atoms with Gasteiger partial charge in [-0.3, -0.25) is 4.98 Å². The summed E-state index contributed by atoms with van der Waals surface area (Å²) in [5.74, 6) is 1.28. The van der Waals surface area contributed by atoms with Crippen LogP contribution in [0, 0.1) is 0 Å². The molecule has 0 N–H and O–H groups in total. The van der Waals surface area contributed by atoms with Crippen molar-refractivity contribution < 1.29 is 9.47 Å². The Morgan fingerprint density at radius 1 is 0.889 bits per heavy atom. The van der Waals surface area contributed by atoms with E-state index in [-0.39, 0.29) is 5.41 Å². The lowest BCUT2D eigenvalue weighted by Gasteiger charge is -2.14.